The summed E-state index contributed by atoms with van der Waals surface area (Å²) in [6.07, 6.45) is -2.06. The second-order valence-corrected chi connectivity index (χ2v) is 6.40. The smallest absolute Gasteiger partial charge is 0.390 e. The van der Waals surface area contributed by atoms with Gasteiger partial charge in [-0.15, -0.1) is 0 Å². The highest BCUT2D eigenvalue weighted by molar-refractivity contribution is 5.78. The van der Waals surface area contributed by atoms with Crippen LogP contribution in [0.5, 0.6) is 0 Å². The van der Waals surface area contributed by atoms with E-state index < -0.39 is 25.2 Å². The number of rotatable bonds is 8. The van der Waals surface area contributed by atoms with E-state index in [0.29, 0.717) is 5.70 Å². The van der Waals surface area contributed by atoms with E-state index in [-0.39, 0.29) is 12.1 Å². The average molecular weight is 378 g/mol. The van der Waals surface area contributed by atoms with Crippen molar-refractivity contribution in [3.05, 3.63) is 23.5 Å². The first kappa shape index (κ1) is 22.1. The number of guanidine groups is 1. The van der Waals surface area contributed by atoms with Crippen molar-refractivity contribution in [1.29, 1.82) is 0 Å². The van der Waals surface area contributed by atoms with E-state index in [2.05, 4.69) is 15.2 Å². The Morgan fingerprint density at radius 2 is 1.92 bits per heavy atom. The first-order valence-corrected chi connectivity index (χ1v) is 8.25. The third-order valence-corrected chi connectivity index (χ3v) is 3.89. The number of ether oxygens (including phenoxy) is 1. The summed E-state index contributed by atoms with van der Waals surface area (Å²) in [6, 6.07) is -0.416. The van der Waals surface area contributed by atoms with Gasteiger partial charge in [0.25, 0.3) is 0 Å². The lowest BCUT2D eigenvalue weighted by atomic mass is 10.0. The number of nitrogens with two attached hydrogens (primary N) is 2. The molecular formula is C16H29F3N6O. The van der Waals surface area contributed by atoms with Gasteiger partial charge in [-0.1, -0.05) is 0 Å². The molecule has 2 atom stereocenters. The van der Waals surface area contributed by atoms with Crippen LogP contribution in [0.1, 0.15) is 6.42 Å². The first-order valence-electron chi connectivity index (χ1n) is 8.25. The van der Waals surface area contributed by atoms with Crippen molar-refractivity contribution in [2.45, 2.75) is 24.7 Å². The van der Waals surface area contributed by atoms with Gasteiger partial charge in [-0.3, -0.25) is 4.99 Å². The Balaban J connectivity index is 2.74. The number of halogens is 3. The molecule has 1 aliphatic carbocycles. The first-order chi connectivity index (χ1) is 12.0. The fourth-order valence-corrected chi connectivity index (χ4v) is 2.41. The molecule has 0 fully saturated rings. The van der Waals surface area contributed by atoms with E-state index >= 15 is 0 Å². The maximum Gasteiger partial charge on any atom is 0.390 e. The van der Waals surface area contributed by atoms with Gasteiger partial charge in [0.2, 0.25) is 0 Å². The fourth-order valence-electron chi connectivity index (χ4n) is 2.41. The van der Waals surface area contributed by atoms with E-state index in [9.17, 15) is 13.2 Å². The fraction of sp³-hybridized carbons (Fsp3) is 0.688. The van der Waals surface area contributed by atoms with Crippen LogP contribution >= 0.6 is 0 Å². The van der Waals surface area contributed by atoms with Gasteiger partial charge in [-0.2, -0.15) is 13.2 Å². The molecule has 0 amide bonds. The molecule has 0 aromatic carbocycles. The van der Waals surface area contributed by atoms with Gasteiger partial charge >= 0.3 is 6.18 Å². The average Bonchev–Trinajstić information content (AvgIpc) is 2.51. The van der Waals surface area contributed by atoms with Gasteiger partial charge < -0.3 is 31.3 Å². The summed E-state index contributed by atoms with van der Waals surface area (Å²) in [5.74, 6) is -0.0804. The third kappa shape index (κ3) is 7.52. The Morgan fingerprint density at radius 1 is 1.27 bits per heavy atom. The summed E-state index contributed by atoms with van der Waals surface area (Å²) in [6.45, 7) is 1.21. The Kier molecular flexibility index (Phi) is 8.22. The summed E-state index contributed by atoms with van der Waals surface area (Å²) < 4.78 is 42.0. The number of methoxy groups -OCH3 is 1. The molecule has 10 heteroatoms. The number of hydrogen-bond donors (Lipinski definition) is 3. The molecule has 1 rings (SSSR count). The van der Waals surface area contributed by atoms with Crippen molar-refractivity contribution in [3.8, 4) is 0 Å². The van der Waals surface area contributed by atoms with E-state index in [4.69, 9.17) is 16.2 Å². The summed E-state index contributed by atoms with van der Waals surface area (Å²) in [4.78, 5) is 7.79. The number of hydrogen-bond acceptors (Lipinski definition) is 5. The Hall–Kier alpha value is -1.94. The Labute approximate surface area is 152 Å². The van der Waals surface area contributed by atoms with Crippen LogP contribution in [-0.4, -0.2) is 82.0 Å². The zero-order valence-corrected chi connectivity index (χ0v) is 15.7. The SMILES string of the molecule is COC1C=C(N(C)CCN(C)C)C(N)=CC1NC(N)=NCCC(F)(F)F. The molecule has 0 saturated carbocycles. The molecule has 1 aliphatic rings. The molecule has 5 N–H and O–H groups in total. The van der Waals surface area contributed by atoms with Crippen LogP contribution in [0.4, 0.5) is 13.2 Å². The predicted octanol–water partition coefficient (Wildman–Crippen LogP) is 0.460. The lowest BCUT2D eigenvalue weighted by Gasteiger charge is -2.32. The molecule has 0 saturated heterocycles. The summed E-state index contributed by atoms with van der Waals surface area (Å²) >= 11 is 0. The van der Waals surface area contributed by atoms with Crippen LogP contribution in [0.25, 0.3) is 0 Å². The largest absolute Gasteiger partial charge is 0.397 e. The van der Waals surface area contributed by atoms with Crippen molar-refractivity contribution in [2.24, 2.45) is 16.5 Å². The minimum atomic E-state index is -4.26. The summed E-state index contributed by atoms with van der Waals surface area (Å²) in [5.41, 5.74) is 13.2. The van der Waals surface area contributed by atoms with Gasteiger partial charge in [-0.05, 0) is 26.2 Å². The van der Waals surface area contributed by atoms with Crippen molar-refractivity contribution < 1.29 is 17.9 Å². The van der Waals surface area contributed by atoms with Crippen LogP contribution < -0.4 is 16.8 Å². The highest BCUT2D eigenvalue weighted by atomic mass is 19.4. The van der Waals surface area contributed by atoms with E-state index in [0.717, 1.165) is 18.8 Å². The van der Waals surface area contributed by atoms with Crippen LogP contribution in [0.3, 0.4) is 0 Å². The van der Waals surface area contributed by atoms with E-state index in [1.165, 1.54) is 0 Å². The quantitative estimate of drug-likeness (QED) is 0.420. The van der Waals surface area contributed by atoms with E-state index in [1.807, 2.05) is 32.1 Å². The monoisotopic (exact) mass is 378 g/mol. The Morgan fingerprint density at radius 3 is 2.46 bits per heavy atom. The zero-order chi connectivity index (χ0) is 19.9. The predicted molar refractivity (Wildman–Crippen MR) is 96.4 cm³/mol. The summed E-state index contributed by atoms with van der Waals surface area (Å²) in [7, 11) is 7.45. The molecule has 0 radical (unpaired) electrons. The maximum atomic E-state index is 12.2. The normalized spacial score (nSPS) is 21.5. The van der Waals surface area contributed by atoms with Crippen molar-refractivity contribution >= 4 is 5.96 Å². The second-order valence-electron chi connectivity index (χ2n) is 6.40. The van der Waals surface area contributed by atoms with Gasteiger partial charge in [0.15, 0.2) is 5.96 Å². The van der Waals surface area contributed by atoms with Gasteiger partial charge in [-0.25, -0.2) is 0 Å². The molecule has 7 nitrogen and oxygen atoms in total. The molecule has 0 aliphatic heterocycles. The third-order valence-electron chi connectivity index (χ3n) is 3.89. The van der Waals surface area contributed by atoms with Gasteiger partial charge in [0.1, 0.15) is 6.10 Å². The van der Waals surface area contributed by atoms with Gasteiger partial charge in [0.05, 0.1) is 30.4 Å². The molecule has 2 unspecified atom stereocenters. The van der Waals surface area contributed by atoms with Crippen molar-refractivity contribution in [3.63, 3.8) is 0 Å². The minimum Gasteiger partial charge on any atom is -0.397 e. The molecule has 150 valence electrons. The van der Waals surface area contributed by atoms with Crippen molar-refractivity contribution in [1.82, 2.24) is 15.1 Å². The van der Waals surface area contributed by atoms with Crippen LogP contribution in [-0.2, 0) is 4.74 Å². The number of nitrogens with one attached hydrogen (secondary N) is 1. The lowest BCUT2D eigenvalue weighted by Crippen LogP contribution is -2.48. The zero-order valence-electron chi connectivity index (χ0n) is 15.7. The highest BCUT2D eigenvalue weighted by Gasteiger charge is 2.27. The number of nitrogens with zero attached hydrogens (tertiary/aromatic N) is 3. The lowest BCUT2D eigenvalue weighted by molar-refractivity contribution is -0.132. The molecule has 0 aromatic rings. The van der Waals surface area contributed by atoms with Crippen LogP contribution in [0, 0.1) is 0 Å². The molecular weight excluding hydrogens is 349 g/mol. The molecule has 0 bridgehead atoms. The maximum absolute atomic E-state index is 12.2. The molecule has 26 heavy (non-hydrogen) atoms. The second kappa shape index (κ2) is 9.67. The Bertz CT molecular complexity index is 545. The van der Waals surface area contributed by atoms with Crippen LogP contribution in [0.2, 0.25) is 0 Å². The molecule has 0 aromatic heterocycles. The van der Waals surface area contributed by atoms with Crippen LogP contribution in [0.15, 0.2) is 28.5 Å². The standard InChI is InChI=1S/C16H29F3N6O/c1-24(2)7-8-25(3)13-10-14(26-4)12(9-11(13)20)23-15(21)22-6-5-16(17,18)19/h9-10,12,14H,5-8,20H2,1-4H3,(H3,21,22,23). The number of likely N-dealkylation sites (N-methyl/N-ethyl adjacent to an activating group) is 2. The minimum absolute atomic E-state index is 0.0804. The highest BCUT2D eigenvalue weighted by Crippen LogP contribution is 2.21. The van der Waals surface area contributed by atoms with E-state index in [1.54, 1.807) is 13.2 Å². The topological polar surface area (TPSA) is 92.1 Å². The number of aliphatic imine (C=N–C) groups is 1. The summed E-state index contributed by atoms with van der Waals surface area (Å²) in [5, 5.41) is 2.85. The number of alkyl halides is 3. The molecule has 0 heterocycles. The van der Waals surface area contributed by atoms with Gasteiger partial charge in [0, 0.05) is 27.2 Å². The van der Waals surface area contributed by atoms with Crippen molar-refractivity contribution in [2.75, 3.05) is 47.9 Å². The molecule has 0 spiro atoms.